The van der Waals surface area contributed by atoms with Gasteiger partial charge >= 0.3 is 0 Å². The lowest BCUT2D eigenvalue weighted by Crippen LogP contribution is -2.33. The number of benzene rings is 1. The molecule has 2 aromatic rings. The number of nitrogens with zero attached hydrogens (tertiary/aromatic N) is 3. The zero-order valence-corrected chi connectivity index (χ0v) is 14.1. The average Bonchev–Trinajstić information content (AvgIpc) is 3.19. The quantitative estimate of drug-likeness (QED) is 0.621. The van der Waals surface area contributed by atoms with Crippen LogP contribution in [0.15, 0.2) is 40.9 Å². The van der Waals surface area contributed by atoms with Crippen LogP contribution in [0.1, 0.15) is 18.7 Å². The van der Waals surface area contributed by atoms with Gasteiger partial charge in [-0.05, 0) is 37.1 Å². The Morgan fingerprint density at radius 1 is 1.08 bits per heavy atom. The van der Waals surface area contributed by atoms with E-state index in [1.54, 1.807) is 12.1 Å². The van der Waals surface area contributed by atoms with Crippen molar-refractivity contribution in [2.24, 2.45) is 11.8 Å². The molecule has 1 aliphatic heterocycles. The molecule has 2 aliphatic rings. The second-order valence-electron chi connectivity index (χ2n) is 6.25. The van der Waals surface area contributed by atoms with E-state index in [0.29, 0.717) is 36.0 Å². The van der Waals surface area contributed by atoms with E-state index in [1.165, 1.54) is 4.90 Å². The van der Waals surface area contributed by atoms with Gasteiger partial charge in [0.2, 0.25) is 23.5 Å². The fourth-order valence-corrected chi connectivity index (χ4v) is 3.50. The van der Waals surface area contributed by atoms with Gasteiger partial charge in [-0.3, -0.25) is 14.5 Å². The third kappa shape index (κ3) is 2.98. The topological polar surface area (TPSA) is 76.3 Å². The molecule has 0 spiro atoms. The van der Waals surface area contributed by atoms with Crippen LogP contribution in [0.4, 0.5) is 0 Å². The van der Waals surface area contributed by atoms with E-state index in [1.807, 2.05) is 24.3 Å². The number of rotatable bonds is 4. The Labute approximate surface area is 149 Å². The summed E-state index contributed by atoms with van der Waals surface area (Å²) in [6, 6.07) is 7.12. The smallest absolute Gasteiger partial charge is 0.233 e. The minimum atomic E-state index is -0.204. The molecule has 0 N–H and O–H groups in total. The zero-order chi connectivity index (χ0) is 17.4. The van der Waals surface area contributed by atoms with Crippen LogP contribution in [0.5, 0.6) is 0 Å². The van der Waals surface area contributed by atoms with Crippen molar-refractivity contribution in [3.05, 3.63) is 47.3 Å². The molecular formula is C18H16ClN3O3. The highest BCUT2D eigenvalue weighted by molar-refractivity contribution is 6.30. The van der Waals surface area contributed by atoms with Crippen molar-refractivity contribution in [1.29, 1.82) is 0 Å². The third-order valence-corrected chi connectivity index (χ3v) is 4.97. The molecule has 0 unspecified atom stereocenters. The van der Waals surface area contributed by atoms with Gasteiger partial charge in [0.25, 0.3) is 0 Å². The van der Waals surface area contributed by atoms with Crippen LogP contribution in [0, 0.1) is 11.8 Å². The Morgan fingerprint density at radius 3 is 2.36 bits per heavy atom. The molecule has 1 aliphatic carbocycles. The van der Waals surface area contributed by atoms with E-state index in [2.05, 4.69) is 10.1 Å². The fraction of sp³-hybridized carbons (Fsp3) is 0.333. The standard InChI is InChI=1S/C18H16ClN3O3/c19-12-7-5-11(6-8-12)16-20-15(25-21-16)9-10-22-17(23)13-3-1-2-4-14(13)18(22)24/h1-2,5-8,13-14H,3-4,9-10H2/t13-,14+. The highest BCUT2D eigenvalue weighted by atomic mass is 35.5. The predicted octanol–water partition coefficient (Wildman–Crippen LogP) is 2.88. The van der Waals surface area contributed by atoms with Crippen LogP contribution in [0.3, 0.4) is 0 Å². The van der Waals surface area contributed by atoms with Gasteiger partial charge in [-0.15, -0.1) is 0 Å². The van der Waals surface area contributed by atoms with Gasteiger partial charge in [-0.1, -0.05) is 28.9 Å². The molecular weight excluding hydrogens is 342 g/mol. The van der Waals surface area contributed by atoms with Crippen molar-refractivity contribution in [2.45, 2.75) is 19.3 Å². The van der Waals surface area contributed by atoms with Crippen molar-refractivity contribution in [1.82, 2.24) is 15.0 Å². The summed E-state index contributed by atoms with van der Waals surface area (Å²) in [5.74, 6) is 0.283. The van der Waals surface area contributed by atoms with Crippen LogP contribution in [0.2, 0.25) is 5.02 Å². The molecule has 6 nitrogen and oxygen atoms in total. The maximum atomic E-state index is 12.4. The first-order valence-electron chi connectivity index (χ1n) is 8.22. The van der Waals surface area contributed by atoms with E-state index in [-0.39, 0.29) is 30.2 Å². The van der Waals surface area contributed by atoms with Crippen molar-refractivity contribution >= 4 is 23.4 Å². The third-order valence-electron chi connectivity index (χ3n) is 4.72. The molecule has 25 heavy (non-hydrogen) atoms. The van der Waals surface area contributed by atoms with E-state index in [9.17, 15) is 9.59 Å². The highest BCUT2D eigenvalue weighted by Gasteiger charge is 2.46. The highest BCUT2D eigenvalue weighted by Crippen LogP contribution is 2.35. The number of amides is 2. The summed E-state index contributed by atoms with van der Waals surface area (Å²) in [6.07, 6.45) is 5.60. The Morgan fingerprint density at radius 2 is 1.72 bits per heavy atom. The summed E-state index contributed by atoms with van der Waals surface area (Å²) >= 11 is 5.87. The number of carbonyl (C=O) groups excluding carboxylic acids is 2. The largest absolute Gasteiger partial charge is 0.339 e. The lowest BCUT2D eigenvalue weighted by atomic mass is 9.85. The van der Waals surface area contributed by atoms with E-state index in [0.717, 1.165) is 5.56 Å². The molecule has 1 saturated heterocycles. The first-order valence-corrected chi connectivity index (χ1v) is 8.60. The summed E-state index contributed by atoms with van der Waals surface area (Å²) in [7, 11) is 0. The van der Waals surface area contributed by atoms with Gasteiger partial charge in [0, 0.05) is 23.6 Å². The molecule has 0 bridgehead atoms. The molecule has 4 rings (SSSR count). The number of carbonyl (C=O) groups is 2. The van der Waals surface area contributed by atoms with Gasteiger partial charge in [-0.25, -0.2) is 0 Å². The Balaban J connectivity index is 1.43. The zero-order valence-electron chi connectivity index (χ0n) is 13.4. The Bertz CT molecular complexity index is 818. The molecule has 1 aromatic carbocycles. The van der Waals surface area contributed by atoms with E-state index >= 15 is 0 Å². The SMILES string of the molecule is O=C1[C@H]2CC=CC[C@H]2C(=O)N1CCc1nc(-c2ccc(Cl)cc2)no1. The number of aromatic nitrogens is 2. The average molecular weight is 358 g/mol. The van der Waals surface area contributed by atoms with Gasteiger partial charge < -0.3 is 4.52 Å². The van der Waals surface area contributed by atoms with Gasteiger partial charge in [0.05, 0.1) is 11.8 Å². The molecule has 1 aromatic heterocycles. The number of hydrogen-bond acceptors (Lipinski definition) is 5. The summed E-state index contributed by atoms with van der Waals surface area (Å²) in [4.78, 5) is 30.5. The molecule has 0 saturated carbocycles. The fourth-order valence-electron chi connectivity index (χ4n) is 3.37. The van der Waals surface area contributed by atoms with Crippen molar-refractivity contribution in [2.75, 3.05) is 6.54 Å². The molecule has 2 amide bonds. The predicted molar refractivity (Wildman–Crippen MR) is 90.5 cm³/mol. The molecule has 2 heterocycles. The molecule has 1 fully saturated rings. The van der Waals surface area contributed by atoms with E-state index in [4.69, 9.17) is 16.1 Å². The Kier molecular flexibility index (Phi) is 4.13. The number of fused-ring (bicyclic) bond motifs is 1. The van der Waals surface area contributed by atoms with Crippen LogP contribution >= 0.6 is 11.6 Å². The van der Waals surface area contributed by atoms with Crippen molar-refractivity contribution in [3.8, 4) is 11.4 Å². The van der Waals surface area contributed by atoms with Crippen LogP contribution in [-0.4, -0.2) is 33.4 Å². The number of allylic oxidation sites excluding steroid dienone is 2. The molecule has 2 atom stereocenters. The van der Waals surface area contributed by atoms with Gasteiger partial charge in [0.15, 0.2) is 0 Å². The summed E-state index contributed by atoms with van der Waals surface area (Å²) in [5.41, 5.74) is 0.796. The minimum Gasteiger partial charge on any atom is -0.339 e. The second-order valence-corrected chi connectivity index (χ2v) is 6.69. The lowest BCUT2D eigenvalue weighted by molar-refractivity contribution is -0.139. The molecule has 7 heteroatoms. The summed E-state index contributed by atoms with van der Waals surface area (Å²) in [5, 5.41) is 4.58. The first-order chi connectivity index (χ1) is 12.1. The lowest BCUT2D eigenvalue weighted by Gasteiger charge is -2.14. The van der Waals surface area contributed by atoms with Crippen LogP contribution < -0.4 is 0 Å². The van der Waals surface area contributed by atoms with Crippen molar-refractivity contribution < 1.29 is 14.1 Å². The van der Waals surface area contributed by atoms with Crippen molar-refractivity contribution in [3.63, 3.8) is 0 Å². The number of halogens is 1. The number of hydrogen-bond donors (Lipinski definition) is 0. The molecule has 128 valence electrons. The van der Waals surface area contributed by atoms with Gasteiger partial charge in [0.1, 0.15) is 0 Å². The monoisotopic (exact) mass is 357 g/mol. The second kappa shape index (κ2) is 6.44. The van der Waals surface area contributed by atoms with Crippen LogP contribution in [-0.2, 0) is 16.0 Å². The summed E-state index contributed by atoms with van der Waals surface area (Å²) in [6.45, 7) is 0.271. The number of likely N-dealkylation sites (tertiary alicyclic amines) is 1. The van der Waals surface area contributed by atoms with Gasteiger partial charge in [-0.2, -0.15) is 4.98 Å². The normalized spacial score (nSPS) is 22.5. The maximum absolute atomic E-state index is 12.4. The summed E-state index contributed by atoms with van der Waals surface area (Å²) < 4.78 is 5.24. The van der Waals surface area contributed by atoms with Crippen LogP contribution in [0.25, 0.3) is 11.4 Å². The van der Waals surface area contributed by atoms with E-state index < -0.39 is 0 Å². The number of imide groups is 1. The first kappa shape index (κ1) is 16.0. The minimum absolute atomic E-state index is 0.0863. The molecule has 0 radical (unpaired) electrons. The Hall–Kier alpha value is -2.47. The maximum Gasteiger partial charge on any atom is 0.233 e.